The molecule has 0 radical (unpaired) electrons. The first kappa shape index (κ1) is 17.2. The fraction of sp³-hybridized carbons (Fsp3) is 0.800. The molecule has 138 valence electrons. The molecule has 1 aromatic heterocycles. The Morgan fingerprint density at radius 2 is 2.04 bits per heavy atom. The Kier molecular flexibility index (Phi) is 4.08. The summed E-state index contributed by atoms with van der Waals surface area (Å²) in [5.41, 5.74) is 2.09. The van der Waals surface area contributed by atoms with Gasteiger partial charge in [0, 0.05) is 30.7 Å². The predicted octanol–water partition coefficient (Wildman–Crippen LogP) is 2.13. The molecule has 5 heteroatoms. The highest BCUT2D eigenvalue weighted by Gasteiger charge is 2.58. The Hall–Kier alpha value is -1.20. The van der Waals surface area contributed by atoms with Gasteiger partial charge in [0.25, 0.3) is 0 Å². The average molecular weight is 346 g/mol. The Bertz CT molecular complexity index is 672. The molecule has 1 aromatic rings. The predicted molar refractivity (Wildman–Crippen MR) is 93.8 cm³/mol. The topological polar surface area (TPSA) is 86.2 Å². The molecule has 0 aromatic carbocycles. The summed E-state index contributed by atoms with van der Waals surface area (Å²) in [7, 11) is 0. The Labute approximate surface area is 149 Å². The molecule has 3 aliphatic rings. The lowest BCUT2D eigenvalue weighted by molar-refractivity contribution is -0.135. The van der Waals surface area contributed by atoms with Crippen LogP contribution in [-0.4, -0.2) is 39.4 Å². The van der Waals surface area contributed by atoms with Gasteiger partial charge in [-0.2, -0.15) is 5.10 Å². The number of carbonyl (C=O) groups is 1. The molecule has 3 N–H and O–H groups in total. The molecular formula is C20H30N2O3. The van der Waals surface area contributed by atoms with Gasteiger partial charge in [0.15, 0.2) is 0 Å². The van der Waals surface area contributed by atoms with Crippen molar-refractivity contribution >= 4 is 5.78 Å². The van der Waals surface area contributed by atoms with Gasteiger partial charge in [-0.05, 0) is 66.8 Å². The second-order valence-corrected chi connectivity index (χ2v) is 9.12. The largest absolute Gasteiger partial charge is 0.396 e. The van der Waals surface area contributed by atoms with Crippen molar-refractivity contribution in [3.63, 3.8) is 0 Å². The normalized spacial score (nSPS) is 43.8. The number of aromatic amines is 1. The number of ketones is 1. The summed E-state index contributed by atoms with van der Waals surface area (Å²) in [6.07, 6.45) is 7.08. The monoisotopic (exact) mass is 346 g/mol. The van der Waals surface area contributed by atoms with Crippen molar-refractivity contribution < 1.29 is 15.0 Å². The number of H-pyrrole nitrogens is 1. The van der Waals surface area contributed by atoms with E-state index in [4.69, 9.17) is 0 Å². The highest BCUT2D eigenvalue weighted by atomic mass is 16.3. The van der Waals surface area contributed by atoms with Crippen LogP contribution < -0.4 is 0 Å². The lowest BCUT2D eigenvalue weighted by Gasteiger charge is -2.54. The van der Waals surface area contributed by atoms with Crippen molar-refractivity contribution in [1.82, 2.24) is 10.2 Å². The Balaban J connectivity index is 1.69. The van der Waals surface area contributed by atoms with Crippen molar-refractivity contribution in [2.45, 2.75) is 52.4 Å². The van der Waals surface area contributed by atoms with E-state index in [1.165, 1.54) is 5.56 Å². The molecule has 6 atom stereocenters. The third kappa shape index (κ3) is 2.35. The van der Waals surface area contributed by atoms with Gasteiger partial charge >= 0.3 is 0 Å². The van der Waals surface area contributed by atoms with Crippen LogP contribution in [0.15, 0.2) is 6.20 Å². The summed E-state index contributed by atoms with van der Waals surface area (Å²) in [6, 6.07) is 0. The highest BCUT2D eigenvalue weighted by Crippen LogP contribution is 2.60. The van der Waals surface area contributed by atoms with E-state index < -0.39 is 0 Å². The lowest BCUT2D eigenvalue weighted by Crippen LogP contribution is -2.53. The van der Waals surface area contributed by atoms with Crippen LogP contribution in [0.4, 0.5) is 0 Å². The molecule has 0 bridgehead atoms. The quantitative estimate of drug-likeness (QED) is 0.782. The minimum absolute atomic E-state index is 0.0635. The Morgan fingerprint density at radius 3 is 2.76 bits per heavy atom. The maximum absolute atomic E-state index is 12.5. The van der Waals surface area contributed by atoms with E-state index in [-0.39, 0.29) is 41.8 Å². The van der Waals surface area contributed by atoms with Gasteiger partial charge in [0.1, 0.15) is 5.78 Å². The number of rotatable bonds is 3. The minimum Gasteiger partial charge on any atom is -0.396 e. The summed E-state index contributed by atoms with van der Waals surface area (Å²) in [5.74, 6) is 1.32. The smallest absolute Gasteiger partial charge is 0.139 e. The van der Waals surface area contributed by atoms with Crippen LogP contribution in [0.2, 0.25) is 0 Å². The summed E-state index contributed by atoms with van der Waals surface area (Å²) in [4.78, 5) is 12.5. The fourth-order valence-electron chi connectivity index (χ4n) is 6.54. The van der Waals surface area contributed by atoms with Gasteiger partial charge in [0.2, 0.25) is 0 Å². The van der Waals surface area contributed by atoms with E-state index in [2.05, 4.69) is 24.0 Å². The molecule has 0 aliphatic heterocycles. The number of aliphatic hydroxyl groups excluding tert-OH is 2. The number of fused-ring (bicyclic) bond motifs is 2. The van der Waals surface area contributed by atoms with Crippen LogP contribution in [0.5, 0.6) is 0 Å². The van der Waals surface area contributed by atoms with Gasteiger partial charge < -0.3 is 10.2 Å². The summed E-state index contributed by atoms with van der Waals surface area (Å²) < 4.78 is 0. The van der Waals surface area contributed by atoms with Crippen molar-refractivity contribution in [3.8, 4) is 0 Å². The number of Topliss-reactive ketones (excluding diaryl/α,β-unsaturated/α-hetero) is 1. The first-order valence-corrected chi connectivity index (χ1v) is 9.70. The second-order valence-electron chi connectivity index (χ2n) is 9.12. The first-order valence-electron chi connectivity index (χ1n) is 9.70. The van der Waals surface area contributed by atoms with Crippen LogP contribution in [0.3, 0.4) is 0 Å². The van der Waals surface area contributed by atoms with Crippen molar-refractivity contribution in [1.29, 1.82) is 0 Å². The van der Waals surface area contributed by atoms with Crippen LogP contribution >= 0.6 is 0 Å². The number of carbonyl (C=O) groups excluding carboxylic acids is 1. The van der Waals surface area contributed by atoms with Crippen LogP contribution in [0.1, 0.15) is 50.8 Å². The molecule has 0 unspecified atom stereocenters. The number of hydrogen-bond acceptors (Lipinski definition) is 4. The number of aromatic nitrogens is 2. The van der Waals surface area contributed by atoms with Crippen molar-refractivity contribution in [2.24, 2.45) is 34.5 Å². The van der Waals surface area contributed by atoms with Crippen molar-refractivity contribution in [2.75, 3.05) is 13.2 Å². The molecule has 2 fully saturated rings. The summed E-state index contributed by atoms with van der Waals surface area (Å²) in [5, 5.41) is 27.7. The van der Waals surface area contributed by atoms with Gasteiger partial charge in [-0.1, -0.05) is 13.8 Å². The third-order valence-corrected chi connectivity index (χ3v) is 8.19. The molecule has 3 aliphatic carbocycles. The SMILES string of the molecule is C[C@]1([C@H]2CC[C@]3(C)C(=O)CC[C@H]3[C@@H]2CO)Cc2cn[nH]c2C[C@@H]1CO. The maximum Gasteiger partial charge on any atom is 0.139 e. The van der Waals surface area contributed by atoms with Gasteiger partial charge in [0.05, 0.1) is 6.20 Å². The van der Waals surface area contributed by atoms with Crippen LogP contribution in [0.25, 0.3) is 0 Å². The van der Waals surface area contributed by atoms with E-state index >= 15 is 0 Å². The van der Waals surface area contributed by atoms with Gasteiger partial charge in [-0.25, -0.2) is 0 Å². The molecule has 1 heterocycles. The fourth-order valence-corrected chi connectivity index (χ4v) is 6.54. The number of nitrogens with zero attached hydrogens (tertiary/aromatic N) is 1. The second kappa shape index (κ2) is 5.92. The molecule has 4 rings (SSSR count). The van der Waals surface area contributed by atoms with Gasteiger partial charge in [-0.3, -0.25) is 9.89 Å². The van der Waals surface area contributed by atoms with E-state index in [0.29, 0.717) is 18.1 Å². The van der Waals surface area contributed by atoms with E-state index in [1.807, 2.05) is 6.20 Å². The van der Waals surface area contributed by atoms with E-state index in [0.717, 1.165) is 37.8 Å². The lowest BCUT2D eigenvalue weighted by atomic mass is 9.50. The molecule has 0 spiro atoms. The zero-order valence-electron chi connectivity index (χ0n) is 15.3. The number of nitrogens with one attached hydrogen (secondary N) is 1. The molecule has 25 heavy (non-hydrogen) atoms. The molecule has 2 saturated carbocycles. The number of hydrogen-bond donors (Lipinski definition) is 3. The zero-order chi connectivity index (χ0) is 17.8. The maximum atomic E-state index is 12.5. The van der Waals surface area contributed by atoms with E-state index in [1.54, 1.807) is 0 Å². The zero-order valence-corrected chi connectivity index (χ0v) is 15.3. The first-order chi connectivity index (χ1) is 11.9. The summed E-state index contributed by atoms with van der Waals surface area (Å²) >= 11 is 0. The average Bonchev–Trinajstić information content (AvgIpc) is 3.17. The molecule has 0 amide bonds. The molecule has 5 nitrogen and oxygen atoms in total. The Morgan fingerprint density at radius 1 is 1.24 bits per heavy atom. The van der Waals surface area contributed by atoms with E-state index in [9.17, 15) is 15.0 Å². The molecule has 0 saturated heterocycles. The van der Waals surface area contributed by atoms with Gasteiger partial charge in [-0.15, -0.1) is 0 Å². The standard InChI is InChI=1S/C20H30N2O3/c1-19-6-5-16(14(11-24)15(19)3-4-18(19)25)20(2)8-12-9-21-22-17(12)7-13(20)10-23/h9,13-16,23-24H,3-8,10-11H2,1-2H3,(H,21,22)/t13-,14+,15+,16+,19+,20+/m1/s1. The van der Waals surface area contributed by atoms with Crippen LogP contribution in [0, 0.1) is 34.5 Å². The molecular weight excluding hydrogens is 316 g/mol. The summed E-state index contributed by atoms with van der Waals surface area (Å²) in [6.45, 7) is 4.71. The number of aliphatic hydroxyl groups is 2. The van der Waals surface area contributed by atoms with Crippen LogP contribution in [-0.2, 0) is 17.6 Å². The third-order valence-electron chi connectivity index (χ3n) is 8.19. The van der Waals surface area contributed by atoms with Crippen molar-refractivity contribution in [3.05, 3.63) is 17.5 Å². The highest BCUT2D eigenvalue weighted by molar-refractivity contribution is 5.87. The minimum atomic E-state index is -0.246.